The normalized spacial score (nSPS) is 11.4. The molecule has 0 fully saturated rings. The number of aryl methyl sites for hydroxylation is 2. The molecule has 7 heteroatoms. The number of hydrogen-bond acceptors (Lipinski definition) is 3. The number of nitrogens with one attached hydrogen (secondary N) is 2. The molecule has 2 rings (SSSR count). The van der Waals surface area contributed by atoms with E-state index in [0.717, 1.165) is 11.1 Å². The van der Waals surface area contributed by atoms with Crippen molar-refractivity contribution in [2.45, 2.75) is 32.1 Å². The minimum Gasteiger partial charge on any atom is -0.320 e. The molecular weight excluding hydrogens is 360 g/mol. The van der Waals surface area contributed by atoms with Gasteiger partial charge < -0.3 is 5.32 Å². The second-order valence-electron chi connectivity index (χ2n) is 5.82. The van der Waals surface area contributed by atoms with Crippen LogP contribution in [0, 0.1) is 13.8 Å². The third-order valence-corrected chi connectivity index (χ3v) is 5.38. The van der Waals surface area contributed by atoms with Crippen LogP contribution in [0.1, 0.15) is 34.8 Å². The summed E-state index contributed by atoms with van der Waals surface area (Å²) >= 11 is 6.21. The van der Waals surface area contributed by atoms with E-state index in [4.69, 9.17) is 11.6 Å². The average molecular weight is 381 g/mol. The number of sulfonamides is 1. The van der Waals surface area contributed by atoms with Crippen LogP contribution in [0.25, 0.3) is 0 Å². The van der Waals surface area contributed by atoms with Crippen molar-refractivity contribution in [2.75, 3.05) is 11.9 Å². The first kappa shape index (κ1) is 19.4. The van der Waals surface area contributed by atoms with Gasteiger partial charge in [-0.05, 0) is 55.7 Å². The van der Waals surface area contributed by atoms with Crippen LogP contribution >= 0.6 is 11.6 Å². The second kappa shape index (κ2) is 7.99. The summed E-state index contributed by atoms with van der Waals surface area (Å²) in [5, 5.41) is 3.20. The number of halogens is 1. The predicted molar refractivity (Wildman–Crippen MR) is 101 cm³/mol. The lowest BCUT2D eigenvalue weighted by molar-refractivity contribution is 0.102. The minimum atomic E-state index is -3.63. The molecule has 0 saturated heterocycles. The lowest BCUT2D eigenvalue weighted by atomic mass is 10.1. The Morgan fingerprint density at radius 1 is 1.16 bits per heavy atom. The SMILES string of the molecule is CCCNS(=O)(=O)c1cccc(C(=O)Nc2c(C)cc(C)cc2Cl)c1. The molecule has 2 aromatic carbocycles. The first-order valence-corrected chi connectivity index (χ1v) is 9.78. The number of rotatable bonds is 6. The molecule has 0 bridgehead atoms. The van der Waals surface area contributed by atoms with Crippen molar-refractivity contribution in [3.8, 4) is 0 Å². The summed E-state index contributed by atoms with van der Waals surface area (Å²) in [6, 6.07) is 9.59. The van der Waals surface area contributed by atoms with Crippen LogP contribution in [0.4, 0.5) is 5.69 Å². The van der Waals surface area contributed by atoms with E-state index in [2.05, 4.69) is 10.0 Å². The first-order chi connectivity index (χ1) is 11.7. The van der Waals surface area contributed by atoms with E-state index in [1.165, 1.54) is 12.1 Å². The van der Waals surface area contributed by atoms with Crippen molar-refractivity contribution in [1.82, 2.24) is 4.72 Å². The molecular formula is C18H21ClN2O3S. The summed E-state index contributed by atoms with van der Waals surface area (Å²) in [7, 11) is -3.63. The summed E-state index contributed by atoms with van der Waals surface area (Å²) in [6.07, 6.45) is 0.685. The third kappa shape index (κ3) is 4.81. The van der Waals surface area contributed by atoms with Gasteiger partial charge in [0, 0.05) is 12.1 Å². The molecule has 0 radical (unpaired) electrons. The summed E-state index contributed by atoms with van der Waals surface area (Å²) in [6.45, 7) is 5.99. The zero-order chi connectivity index (χ0) is 18.6. The molecule has 5 nitrogen and oxygen atoms in total. The monoisotopic (exact) mass is 380 g/mol. The molecule has 134 valence electrons. The molecule has 0 saturated carbocycles. The van der Waals surface area contributed by atoms with Gasteiger partial charge in [0.25, 0.3) is 5.91 Å². The van der Waals surface area contributed by atoms with E-state index in [9.17, 15) is 13.2 Å². The van der Waals surface area contributed by atoms with Crippen LogP contribution in [-0.2, 0) is 10.0 Å². The average Bonchev–Trinajstić information content (AvgIpc) is 2.56. The van der Waals surface area contributed by atoms with Crippen molar-refractivity contribution >= 4 is 33.2 Å². The fraction of sp³-hybridized carbons (Fsp3) is 0.278. The highest BCUT2D eigenvalue weighted by Gasteiger charge is 2.17. The highest BCUT2D eigenvalue weighted by atomic mass is 35.5. The molecule has 25 heavy (non-hydrogen) atoms. The van der Waals surface area contributed by atoms with E-state index in [1.807, 2.05) is 26.8 Å². The molecule has 0 aliphatic carbocycles. The minimum absolute atomic E-state index is 0.0559. The van der Waals surface area contributed by atoms with Crippen molar-refractivity contribution < 1.29 is 13.2 Å². The summed E-state index contributed by atoms with van der Waals surface area (Å²) in [5.41, 5.74) is 2.60. The maximum atomic E-state index is 12.5. The molecule has 0 aromatic heterocycles. The molecule has 2 N–H and O–H groups in total. The predicted octanol–water partition coefficient (Wildman–Crippen LogP) is 3.90. The van der Waals surface area contributed by atoms with Crippen LogP contribution in [0.2, 0.25) is 5.02 Å². The van der Waals surface area contributed by atoms with Gasteiger partial charge in [-0.1, -0.05) is 30.7 Å². The first-order valence-electron chi connectivity index (χ1n) is 7.92. The second-order valence-corrected chi connectivity index (χ2v) is 7.99. The Kier molecular flexibility index (Phi) is 6.21. The standard InChI is InChI=1S/C18H21ClN2O3S/c1-4-8-20-25(23,24)15-7-5-6-14(11-15)18(22)21-17-13(3)9-12(2)10-16(17)19/h5-7,9-11,20H,4,8H2,1-3H3,(H,21,22). The van der Waals surface area contributed by atoms with E-state index < -0.39 is 15.9 Å². The number of amides is 1. The Morgan fingerprint density at radius 2 is 1.88 bits per heavy atom. The number of carbonyl (C=O) groups is 1. The third-order valence-electron chi connectivity index (χ3n) is 3.62. The lowest BCUT2D eigenvalue weighted by Crippen LogP contribution is -2.24. The Hall–Kier alpha value is -1.89. The van der Waals surface area contributed by atoms with Gasteiger partial charge in [0.1, 0.15) is 0 Å². The number of carbonyl (C=O) groups excluding carboxylic acids is 1. The zero-order valence-electron chi connectivity index (χ0n) is 14.4. The van der Waals surface area contributed by atoms with E-state index in [-0.39, 0.29) is 10.5 Å². The quantitative estimate of drug-likeness (QED) is 0.798. The van der Waals surface area contributed by atoms with Crippen LogP contribution in [0.3, 0.4) is 0 Å². The molecule has 0 spiro atoms. The smallest absolute Gasteiger partial charge is 0.255 e. The number of hydrogen-bond donors (Lipinski definition) is 2. The Morgan fingerprint density at radius 3 is 2.52 bits per heavy atom. The highest BCUT2D eigenvalue weighted by molar-refractivity contribution is 7.89. The molecule has 0 atom stereocenters. The fourth-order valence-corrected chi connectivity index (χ4v) is 3.93. The van der Waals surface area contributed by atoms with E-state index in [1.54, 1.807) is 18.2 Å². The molecule has 0 heterocycles. The fourth-order valence-electron chi connectivity index (χ4n) is 2.38. The van der Waals surface area contributed by atoms with Gasteiger partial charge in [-0.2, -0.15) is 0 Å². The zero-order valence-corrected chi connectivity index (χ0v) is 16.0. The Labute approximate surface area is 153 Å². The van der Waals surface area contributed by atoms with E-state index in [0.29, 0.717) is 23.7 Å². The number of anilines is 1. The summed E-state index contributed by atoms with van der Waals surface area (Å²) in [5.74, 6) is -0.415. The van der Waals surface area contributed by atoms with Gasteiger partial charge in [-0.25, -0.2) is 13.1 Å². The Bertz CT molecular complexity index is 872. The molecule has 0 unspecified atom stereocenters. The van der Waals surface area contributed by atoms with Crippen LogP contribution in [0.15, 0.2) is 41.3 Å². The van der Waals surface area contributed by atoms with Crippen LogP contribution in [-0.4, -0.2) is 20.9 Å². The molecule has 0 aliphatic heterocycles. The van der Waals surface area contributed by atoms with Gasteiger partial charge in [0.05, 0.1) is 15.6 Å². The lowest BCUT2D eigenvalue weighted by Gasteiger charge is -2.12. The Balaban J connectivity index is 2.28. The molecule has 2 aromatic rings. The van der Waals surface area contributed by atoms with E-state index >= 15 is 0 Å². The largest absolute Gasteiger partial charge is 0.320 e. The highest BCUT2D eigenvalue weighted by Crippen LogP contribution is 2.28. The van der Waals surface area contributed by atoms with Gasteiger partial charge in [-0.3, -0.25) is 4.79 Å². The van der Waals surface area contributed by atoms with Crippen LogP contribution in [0.5, 0.6) is 0 Å². The molecule has 0 aliphatic rings. The topological polar surface area (TPSA) is 75.3 Å². The van der Waals surface area contributed by atoms with Gasteiger partial charge >= 0.3 is 0 Å². The van der Waals surface area contributed by atoms with Gasteiger partial charge in [0.2, 0.25) is 10.0 Å². The van der Waals surface area contributed by atoms with Crippen LogP contribution < -0.4 is 10.0 Å². The van der Waals surface area contributed by atoms with Crippen molar-refractivity contribution in [2.24, 2.45) is 0 Å². The van der Waals surface area contributed by atoms with Gasteiger partial charge in [0.15, 0.2) is 0 Å². The number of benzene rings is 2. The van der Waals surface area contributed by atoms with Crippen molar-refractivity contribution in [3.05, 3.63) is 58.1 Å². The summed E-state index contributed by atoms with van der Waals surface area (Å²) < 4.78 is 26.9. The van der Waals surface area contributed by atoms with Crippen molar-refractivity contribution in [1.29, 1.82) is 0 Å². The molecule has 1 amide bonds. The van der Waals surface area contributed by atoms with Crippen molar-refractivity contribution in [3.63, 3.8) is 0 Å². The summed E-state index contributed by atoms with van der Waals surface area (Å²) in [4.78, 5) is 12.6. The van der Waals surface area contributed by atoms with Gasteiger partial charge in [-0.15, -0.1) is 0 Å². The maximum Gasteiger partial charge on any atom is 0.255 e. The maximum absolute atomic E-state index is 12.5.